The summed E-state index contributed by atoms with van der Waals surface area (Å²) >= 11 is 6.42. The predicted octanol–water partition coefficient (Wildman–Crippen LogP) is 4.75. The van der Waals surface area contributed by atoms with Crippen LogP contribution in [0, 0.1) is 6.92 Å². The lowest BCUT2D eigenvalue weighted by atomic mass is 10.2. The number of anilines is 2. The average Bonchev–Trinajstić information content (AvgIpc) is 3.53. The van der Waals surface area contributed by atoms with Gasteiger partial charge in [-0.15, -0.1) is 0 Å². The summed E-state index contributed by atoms with van der Waals surface area (Å²) in [6.07, 6.45) is 1.97. The maximum Gasteiger partial charge on any atom is 0.270 e. The highest BCUT2D eigenvalue weighted by Gasteiger charge is 2.27. The molecule has 198 valence electrons. The Kier molecular flexibility index (Phi) is 6.80. The zero-order chi connectivity index (χ0) is 26.2. The largest absolute Gasteiger partial charge is 0.368 e. The number of halogens is 1. The van der Waals surface area contributed by atoms with Crippen LogP contribution < -0.4 is 9.80 Å². The second kappa shape index (κ2) is 10.4. The summed E-state index contributed by atoms with van der Waals surface area (Å²) in [6, 6.07) is 18.8. The van der Waals surface area contributed by atoms with Crippen molar-refractivity contribution in [3.8, 4) is 0 Å². The molecule has 0 atom stereocenters. The standard InChI is InChI=1S/C30H35ClN6O/c1-22-24(21-34-11-13-36(14-12-34)28-6-4-3-5-26(28)31)20-29(33(22)2)30(38)37-17-15-35(16-18-37)25-7-8-27-23(19-25)9-10-32-27/h3-10,19-20,32H,11-18,21H2,1-2H3. The number of fused-ring (bicyclic) bond motifs is 1. The Morgan fingerprint density at radius 2 is 1.63 bits per heavy atom. The number of hydrogen-bond donors (Lipinski definition) is 1. The van der Waals surface area contributed by atoms with E-state index in [1.807, 2.05) is 36.3 Å². The molecule has 0 unspecified atom stereocenters. The van der Waals surface area contributed by atoms with Gasteiger partial charge in [-0.1, -0.05) is 23.7 Å². The number of nitrogens with zero attached hydrogens (tertiary/aromatic N) is 5. The van der Waals surface area contributed by atoms with E-state index in [0.29, 0.717) is 0 Å². The van der Waals surface area contributed by atoms with Crippen molar-refractivity contribution in [1.82, 2.24) is 19.4 Å². The first-order valence-electron chi connectivity index (χ1n) is 13.5. The monoisotopic (exact) mass is 530 g/mol. The molecular weight excluding hydrogens is 496 g/mol. The number of piperazine rings is 2. The van der Waals surface area contributed by atoms with Crippen LogP contribution in [0.1, 0.15) is 21.7 Å². The number of hydrogen-bond acceptors (Lipinski definition) is 4. The second-order valence-corrected chi connectivity index (χ2v) is 10.8. The molecule has 2 saturated heterocycles. The van der Waals surface area contributed by atoms with E-state index in [1.165, 1.54) is 22.3 Å². The first-order valence-corrected chi connectivity index (χ1v) is 13.8. The number of amides is 1. The molecule has 0 saturated carbocycles. The topological polar surface area (TPSA) is 50.8 Å². The van der Waals surface area contributed by atoms with E-state index in [4.69, 9.17) is 11.6 Å². The molecule has 2 aliphatic rings. The fraction of sp³-hybridized carbons (Fsp3) is 0.367. The molecule has 4 heterocycles. The third-order valence-electron chi connectivity index (χ3n) is 8.29. The Hall–Kier alpha value is -3.42. The number of rotatable bonds is 5. The normalized spacial score (nSPS) is 17.0. The van der Waals surface area contributed by atoms with Gasteiger partial charge in [0, 0.05) is 94.4 Å². The Labute approximate surface area is 229 Å². The van der Waals surface area contributed by atoms with Gasteiger partial charge < -0.3 is 24.3 Å². The minimum Gasteiger partial charge on any atom is -0.368 e. The third-order valence-corrected chi connectivity index (χ3v) is 8.61. The molecule has 1 amide bonds. The molecule has 6 rings (SSSR count). The lowest BCUT2D eigenvalue weighted by Crippen LogP contribution is -2.49. The van der Waals surface area contributed by atoms with E-state index in [2.05, 4.69) is 67.6 Å². The van der Waals surface area contributed by atoms with Crippen molar-refractivity contribution >= 4 is 39.8 Å². The number of carbonyl (C=O) groups excluding carboxylic acids is 1. The van der Waals surface area contributed by atoms with Crippen LogP contribution in [0.2, 0.25) is 5.02 Å². The molecule has 2 aromatic carbocycles. The van der Waals surface area contributed by atoms with Crippen molar-refractivity contribution < 1.29 is 4.79 Å². The van der Waals surface area contributed by atoms with Gasteiger partial charge in [-0.25, -0.2) is 0 Å². The quantitative estimate of drug-likeness (QED) is 0.404. The summed E-state index contributed by atoms with van der Waals surface area (Å²) in [6.45, 7) is 9.96. The number of nitrogens with one attached hydrogen (secondary N) is 1. The van der Waals surface area contributed by atoms with Crippen molar-refractivity contribution in [3.63, 3.8) is 0 Å². The third kappa shape index (κ3) is 4.76. The Morgan fingerprint density at radius 3 is 2.39 bits per heavy atom. The molecule has 7 nitrogen and oxygen atoms in total. The van der Waals surface area contributed by atoms with Crippen LogP contribution in [0.25, 0.3) is 10.9 Å². The molecule has 0 aliphatic carbocycles. The first-order chi connectivity index (χ1) is 18.5. The van der Waals surface area contributed by atoms with Gasteiger partial charge in [0.2, 0.25) is 0 Å². The molecule has 2 fully saturated rings. The summed E-state index contributed by atoms with van der Waals surface area (Å²) < 4.78 is 2.07. The summed E-state index contributed by atoms with van der Waals surface area (Å²) in [4.78, 5) is 26.0. The number of H-pyrrole nitrogens is 1. The van der Waals surface area contributed by atoms with Gasteiger partial charge in [-0.2, -0.15) is 0 Å². The van der Waals surface area contributed by atoms with Crippen molar-refractivity contribution in [2.24, 2.45) is 7.05 Å². The molecule has 0 spiro atoms. The lowest BCUT2D eigenvalue weighted by Gasteiger charge is -2.36. The maximum absolute atomic E-state index is 13.5. The van der Waals surface area contributed by atoms with Crippen LogP contribution in [0.15, 0.2) is 60.8 Å². The highest BCUT2D eigenvalue weighted by molar-refractivity contribution is 6.33. The molecule has 2 aromatic heterocycles. The van der Waals surface area contributed by atoms with E-state index >= 15 is 0 Å². The van der Waals surface area contributed by atoms with Crippen LogP contribution in [0.3, 0.4) is 0 Å². The fourth-order valence-electron chi connectivity index (χ4n) is 5.79. The van der Waals surface area contributed by atoms with Crippen molar-refractivity contribution in [3.05, 3.63) is 82.8 Å². The van der Waals surface area contributed by atoms with Crippen LogP contribution in [0.5, 0.6) is 0 Å². The van der Waals surface area contributed by atoms with E-state index in [-0.39, 0.29) is 5.91 Å². The maximum atomic E-state index is 13.5. The number of para-hydroxylation sites is 1. The highest BCUT2D eigenvalue weighted by atomic mass is 35.5. The molecule has 38 heavy (non-hydrogen) atoms. The van der Waals surface area contributed by atoms with Crippen LogP contribution in [-0.2, 0) is 13.6 Å². The summed E-state index contributed by atoms with van der Waals surface area (Å²) in [5.41, 5.74) is 6.67. The molecule has 4 aromatic rings. The summed E-state index contributed by atoms with van der Waals surface area (Å²) in [7, 11) is 2.02. The van der Waals surface area contributed by atoms with E-state index in [9.17, 15) is 4.79 Å². The molecule has 1 N–H and O–H groups in total. The van der Waals surface area contributed by atoms with Gasteiger partial charge in [0.1, 0.15) is 5.69 Å². The van der Waals surface area contributed by atoms with E-state index in [1.54, 1.807) is 0 Å². The second-order valence-electron chi connectivity index (χ2n) is 10.4. The smallest absolute Gasteiger partial charge is 0.270 e. The van der Waals surface area contributed by atoms with Gasteiger partial charge in [-0.05, 0) is 55.0 Å². The van der Waals surface area contributed by atoms with Gasteiger partial charge in [0.25, 0.3) is 5.91 Å². The van der Waals surface area contributed by atoms with Crippen molar-refractivity contribution in [2.45, 2.75) is 13.5 Å². The van der Waals surface area contributed by atoms with Crippen LogP contribution >= 0.6 is 11.6 Å². The summed E-state index contributed by atoms with van der Waals surface area (Å²) in [5, 5.41) is 2.03. The zero-order valence-corrected chi connectivity index (χ0v) is 22.9. The molecule has 8 heteroatoms. The number of benzene rings is 2. The van der Waals surface area contributed by atoms with E-state index < -0.39 is 0 Å². The zero-order valence-electron chi connectivity index (χ0n) is 22.2. The SMILES string of the molecule is Cc1c(CN2CCN(c3ccccc3Cl)CC2)cc(C(=O)N2CCN(c3ccc4[nH]ccc4c3)CC2)n1C. The Morgan fingerprint density at radius 1 is 0.895 bits per heavy atom. The van der Waals surface area contributed by atoms with Gasteiger partial charge in [0.05, 0.1) is 10.7 Å². The minimum atomic E-state index is 0.131. The van der Waals surface area contributed by atoms with E-state index in [0.717, 1.165) is 80.8 Å². The summed E-state index contributed by atoms with van der Waals surface area (Å²) in [5.74, 6) is 0.131. The number of aromatic amines is 1. The Balaban J connectivity index is 1.07. The predicted molar refractivity (Wildman–Crippen MR) is 156 cm³/mol. The minimum absolute atomic E-state index is 0.131. The first kappa shape index (κ1) is 24.9. The van der Waals surface area contributed by atoms with Gasteiger partial charge in [-0.3, -0.25) is 9.69 Å². The average molecular weight is 531 g/mol. The number of carbonyl (C=O) groups is 1. The van der Waals surface area contributed by atoms with Gasteiger partial charge in [0.15, 0.2) is 0 Å². The van der Waals surface area contributed by atoms with Crippen LogP contribution in [0.4, 0.5) is 11.4 Å². The highest BCUT2D eigenvalue weighted by Crippen LogP contribution is 2.27. The Bertz CT molecular complexity index is 1440. The lowest BCUT2D eigenvalue weighted by molar-refractivity contribution is 0.0737. The van der Waals surface area contributed by atoms with Crippen molar-refractivity contribution in [2.75, 3.05) is 62.2 Å². The van der Waals surface area contributed by atoms with Crippen LogP contribution in [-0.4, -0.2) is 77.6 Å². The molecule has 0 bridgehead atoms. The molecule has 2 aliphatic heterocycles. The molecule has 0 radical (unpaired) electrons. The van der Waals surface area contributed by atoms with Gasteiger partial charge >= 0.3 is 0 Å². The van der Waals surface area contributed by atoms with Crippen molar-refractivity contribution in [1.29, 1.82) is 0 Å². The fourth-order valence-corrected chi connectivity index (χ4v) is 6.05. The number of aromatic nitrogens is 2. The molecular formula is C30H35ClN6O.